The van der Waals surface area contributed by atoms with Crippen LogP contribution in [0.3, 0.4) is 0 Å². The second-order valence-corrected chi connectivity index (χ2v) is 8.80. The number of ether oxygens (including phenoxy) is 1. The molecule has 166 valence electrons. The van der Waals surface area contributed by atoms with E-state index in [4.69, 9.17) is 4.74 Å². The summed E-state index contributed by atoms with van der Waals surface area (Å²) >= 11 is 0. The van der Waals surface area contributed by atoms with Crippen LogP contribution in [0.5, 0.6) is 0 Å². The van der Waals surface area contributed by atoms with Crippen LogP contribution in [-0.2, 0) is 25.5 Å². The Morgan fingerprint density at radius 2 is 1.60 bits per heavy atom. The first-order chi connectivity index (χ1) is 14.3. The maximum absolute atomic E-state index is 13.1. The standard InChI is InChI=1S/C24H36N2O4/c1-16(2)21(26-22(27)19-13-9-6-10-14-19)23(28)25-20(24(29)30-17(3)4)15-18-11-7-5-8-12-18/h5,7-8,11-12,16-17,19-21H,6,9-10,13-15H2,1-4H3,(H,25,28)(H,26,27)/t20-,21-/m0/s1. The van der Waals surface area contributed by atoms with Crippen molar-refractivity contribution in [2.24, 2.45) is 11.8 Å². The van der Waals surface area contributed by atoms with Gasteiger partial charge in [-0.15, -0.1) is 0 Å². The number of amides is 2. The third kappa shape index (κ3) is 7.47. The van der Waals surface area contributed by atoms with Crippen molar-refractivity contribution >= 4 is 17.8 Å². The first-order valence-electron chi connectivity index (χ1n) is 11.1. The van der Waals surface area contributed by atoms with Gasteiger partial charge in [-0.05, 0) is 38.2 Å². The van der Waals surface area contributed by atoms with Gasteiger partial charge >= 0.3 is 5.97 Å². The molecule has 6 nitrogen and oxygen atoms in total. The van der Waals surface area contributed by atoms with Crippen LogP contribution >= 0.6 is 0 Å². The van der Waals surface area contributed by atoms with Crippen molar-refractivity contribution in [2.45, 2.75) is 84.4 Å². The molecule has 0 bridgehead atoms. The molecule has 0 unspecified atom stereocenters. The van der Waals surface area contributed by atoms with E-state index in [1.54, 1.807) is 13.8 Å². The average Bonchev–Trinajstić information content (AvgIpc) is 2.71. The fraction of sp³-hybridized carbons (Fsp3) is 0.625. The van der Waals surface area contributed by atoms with E-state index in [0.717, 1.165) is 37.7 Å². The molecule has 0 aromatic heterocycles. The van der Waals surface area contributed by atoms with Gasteiger partial charge in [0.2, 0.25) is 11.8 Å². The van der Waals surface area contributed by atoms with Crippen molar-refractivity contribution in [1.82, 2.24) is 10.6 Å². The minimum atomic E-state index is -0.810. The number of benzene rings is 1. The average molecular weight is 417 g/mol. The molecule has 1 aromatic rings. The number of hydrogen-bond acceptors (Lipinski definition) is 4. The van der Waals surface area contributed by atoms with E-state index in [2.05, 4.69) is 10.6 Å². The second kappa shape index (κ2) is 11.7. The van der Waals surface area contributed by atoms with E-state index in [0.29, 0.717) is 6.42 Å². The monoisotopic (exact) mass is 416 g/mol. The molecule has 2 amide bonds. The highest BCUT2D eigenvalue weighted by atomic mass is 16.5. The van der Waals surface area contributed by atoms with E-state index >= 15 is 0 Å². The van der Waals surface area contributed by atoms with E-state index in [1.807, 2.05) is 44.2 Å². The molecule has 1 saturated carbocycles. The number of carbonyl (C=O) groups excluding carboxylic acids is 3. The highest BCUT2D eigenvalue weighted by molar-refractivity contribution is 5.91. The van der Waals surface area contributed by atoms with Crippen LogP contribution in [-0.4, -0.2) is 36.0 Å². The van der Waals surface area contributed by atoms with Crippen LogP contribution in [0.15, 0.2) is 30.3 Å². The first-order valence-corrected chi connectivity index (χ1v) is 11.1. The van der Waals surface area contributed by atoms with Crippen molar-refractivity contribution in [1.29, 1.82) is 0 Å². The van der Waals surface area contributed by atoms with Crippen molar-refractivity contribution in [3.63, 3.8) is 0 Å². The van der Waals surface area contributed by atoms with E-state index in [1.165, 1.54) is 0 Å². The predicted molar refractivity (Wildman–Crippen MR) is 117 cm³/mol. The summed E-state index contributed by atoms with van der Waals surface area (Å²) in [6, 6.07) is 8.00. The normalized spacial score (nSPS) is 16.7. The SMILES string of the molecule is CC(C)OC(=O)[C@H](Cc1ccccc1)NC(=O)[C@@H](NC(=O)C1CCCCC1)C(C)C. The van der Waals surface area contributed by atoms with Crippen molar-refractivity contribution < 1.29 is 19.1 Å². The minimum Gasteiger partial charge on any atom is -0.461 e. The molecule has 30 heavy (non-hydrogen) atoms. The topological polar surface area (TPSA) is 84.5 Å². The zero-order chi connectivity index (χ0) is 22.1. The van der Waals surface area contributed by atoms with Crippen LogP contribution in [0, 0.1) is 11.8 Å². The summed E-state index contributed by atoms with van der Waals surface area (Å²) in [5.74, 6) is -1.01. The number of nitrogens with one attached hydrogen (secondary N) is 2. The lowest BCUT2D eigenvalue weighted by molar-refractivity contribution is -0.151. The van der Waals surface area contributed by atoms with E-state index < -0.39 is 18.1 Å². The Hall–Kier alpha value is -2.37. The molecule has 2 N–H and O–H groups in total. The summed E-state index contributed by atoms with van der Waals surface area (Å²) in [6.07, 6.45) is 5.06. The molecule has 6 heteroatoms. The fourth-order valence-corrected chi connectivity index (χ4v) is 3.79. The minimum absolute atomic E-state index is 0.0289. The van der Waals surface area contributed by atoms with Gasteiger partial charge < -0.3 is 15.4 Å². The maximum atomic E-state index is 13.1. The van der Waals surface area contributed by atoms with Gasteiger partial charge in [0, 0.05) is 12.3 Å². The molecular formula is C24H36N2O4. The first kappa shape index (κ1) is 23.9. The molecular weight excluding hydrogens is 380 g/mol. The Morgan fingerprint density at radius 3 is 2.17 bits per heavy atom. The van der Waals surface area contributed by atoms with Crippen LogP contribution in [0.4, 0.5) is 0 Å². The molecule has 0 heterocycles. The van der Waals surface area contributed by atoms with Crippen LogP contribution in [0.1, 0.15) is 65.4 Å². The van der Waals surface area contributed by atoms with Crippen LogP contribution in [0.2, 0.25) is 0 Å². The van der Waals surface area contributed by atoms with Crippen molar-refractivity contribution in [3.05, 3.63) is 35.9 Å². The van der Waals surface area contributed by atoms with Gasteiger partial charge in [0.15, 0.2) is 0 Å². The third-order valence-corrected chi connectivity index (χ3v) is 5.46. The zero-order valence-corrected chi connectivity index (χ0v) is 18.6. The van der Waals surface area contributed by atoms with Gasteiger partial charge in [-0.25, -0.2) is 4.79 Å². The zero-order valence-electron chi connectivity index (χ0n) is 18.6. The lowest BCUT2D eigenvalue weighted by atomic mass is 9.88. The molecule has 0 saturated heterocycles. The Balaban J connectivity index is 2.08. The molecule has 2 rings (SSSR count). The summed E-state index contributed by atoms with van der Waals surface area (Å²) in [7, 11) is 0. The third-order valence-electron chi connectivity index (χ3n) is 5.46. The highest BCUT2D eigenvalue weighted by Crippen LogP contribution is 2.24. The summed E-state index contributed by atoms with van der Waals surface area (Å²) in [6.45, 7) is 7.34. The second-order valence-electron chi connectivity index (χ2n) is 8.80. The van der Waals surface area contributed by atoms with Gasteiger partial charge in [0.1, 0.15) is 12.1 Å². The molecule has 0 radical (unpaired) electrons. The number of carbonyl (C=O) groups is 3. The fourth-order valence-electron chi connectivity index (χ4n) is 3.79. The van der Waals surface area contributed by atoms with Gasteiger partial charge in [-0.3, -0.25) is 9.59 Å². The summed E-state index contributed by atoms with van der Waals surface area (Å²) in [4.78, 5) is 38.4. The van der Waals surface area contributed by atoms with E-state index in [-0.39, 0.29) is 29.8 Å². The van der Waals surface area contributed by atoms with Crippen molar-refractivity contribution in [2.75, 3.05) is 0 Å². The Kier molecular flexibility index (Phi) is 9.34. The van der Waals surface area contributed by atoms with Crippen LogP contribution in [0.25, 0.3) is 0 Å². The Labute approximate surface area is 180 Å². The molecule has 1 fully saturated rings. The van der Waals surface area contributed by atoms with Gasteiger partial charge in [0.25, 0.3) is 0 Å². The predicted octanol–water partition coefficient (Wildman–Crippen LogP) is 3.39. The summed E-state index contributed by atoms with van der Waals surface area (Å²) < 4.78 is 5.36. The quantitative estimate of drug-likeness (QED) is 0.605. The van der Waals surface area contributed by atoms with Gasteiger partial charge in [-0.2, -0.15) is 0 Å². The Morgan fingerprint density at radius 1 is 0.967 bits per heavy atom. The largest absolute Gasteiger partial charge is 0.461 e. The number of rotatable bonds is 9. The van der Waals surface area contributed by atoms with Crippen LogP contribution < -0.4 is 10.6 Å². The highest BCUT2D eigenvalue weighted by Gasteiger charge is 2.32. The molecule has 1 aromatic carbocycles. The molecule has 1 aliphatic rings. The molecule has 0 aliphatic heterocycles. The summed E-state index contributed by atoms with van der Waals surface area (Å²) in [5.41, 5.74) is 0.927. The number of hydrogen-bond donors (Lipinski definition) is 2. The molecule has 0 spiro atoms. The number of esters is 1. The van der Waals surface area contributed by atoms with Gasteiger partial charge in [-0.1, -0.05) is 63.4 Å². The lowest BCUT2D eigenvalue weighted by Crippen LogP contribution is -2.55. The smallest absolute Gasteiger partial charge is 0.329 e. The lowest BCUT2D eigenvalue weighted by Gasteiger charge is -2.28. The molecule has 1 aliphatic carbocycles. The molecule has 2 atom stereocenters. The Bertz CT molecular complexity index is 696. The van der Waals surface area contributed by atoms with Gasteiger partial charge in [0.05, 0.1) is 6.10 Å². The van der Waals surface area contributed by atoms with Crippen molar-refractivity contribution in [3.8, 4) is 0 Å². The summed E-state index contributed by atoms with van der Waals surface area (Å²) in [5, 5.41) is 5.76. The maximum Gasteiger partial charge on any atom is 0.329 e. The van der Waals surface area contributed by atoms with E-state index in [9.17, 15) is 14.4 Å².